The Labute approximate surface area is 393 Å². The minimum absolute atomic E-state index is 0.256. The van der Waals surface area contributed by atoms with E-state index >= 15 is 0 Å². The van der Waals surface area contributed by atoms with Gasteiger partial charge in [0.1, 0.15) is 0 Å². The zero-order valence-electron chi connectivity index (χ0n) is 37.6. The summed E-state index contributed by atoms with van der Waals surface area (Å²) in [6.07, 6.45) is 0. The summed E-state index contributed by atoms with van der Waals surface area (Å²) < 4.78 is 0. The zero-order valence-corrected chi connectivity index (χ0v) is 37.6. The van der Waals surface area contributed by atoms with Crippen LogP contribution >= 0.6 is 0 Å². The Balaban J connectivity index is 0.978. The number of anilines is 6. The average Bonchev–Trinajstić information content (AvgIpc) is 3.39. The van der Waals surface area contributed by atoms with Gasteiger partial charge in [0.25, 0.3) is 0 Å². The van der Waals surface area contributed by atoms with Crippen LogP contribution < -0.4 is 9.80 Å². The predicted molar refractivity (Wildman–Crippen MR) is 285 cm³/mol. The minimum atomic E-state index is -0.256. The molecule has 0 amide bonds. The molecule has 0 saturated heterocycles. The second kappa shape index (κ2) is 16.5. The number of fused-ring (bicyclic) bond motifs is 4. The topological polar surface area (TPSA) is 6.48 Å². The standard InChI is InChI=1S/C65H48N2/c1-65(2)60-30-18-29-56-59-43-48(45-31-37-54(38-32-45)66(50-21-10-4-11-22-50)51-23-12-5-13-24-51)35-41-57(59)62(47-19-8-3-9-20-47)64(63(56)60)58-42-36-49(44-61(58)65)46-33-39-55(40-34-46)67(52-25-14-6-15-26-52)53-27-16-7-17-28-53/h3-44H,1-2H3. The maximum absolute atomic E-state index is 2.46. The van der Waals surface area contributed by atoms with E-state index in [2.05, 4.69) is 278 Å². The normalized spacial score (nSPS) is 12.4. The Hall–Kier alpha value is -8.46. The second-order valence-corrected chi connectivity index (χ2v) is 18.1. The fourth-order valence-electron chi connectivity index (χ4n) is 10.6. The van der Waals surface area contributed by atoms with Crippen LogP contribution in [-0.2, 0) is 5.41 Å². The van der Waals surface area contributed by atoms with Crippen LogP contribution in [0, 0.1) is 0 Å². The van der Waals surface area contributed by atoms with Crippen molar-refractivity contribution in [2.24, 2.45) is 0 Å². The van der Waals surface area contributed by atoms with E-state index in [1.165, 1.54) is 77.2 Å². The van der Waals surface area contributed by atoms with Gasteiger partial charge in [0.15, 0.2) is 0 Å². The van der Waals surface area contributed by atoms with E-state index in [-0.39, 0.29) is 5.41 Å². The molecule has 12 rings (SSSR count). The van der Waals surface area contributed by atoms with Crippen molar-refractivity contribution in [3.8, 4) is 44.5 Å². The molecule has 0 radical (unpaired) electrons. The third-order valence-electron chi connectivity index (χ3n) is 13.8. The molecule has 2 nitrogen and oxygen atoms in total. The van der Waals surface area contributed by atoms with E-state index in [0.29, 0.717) is 0 Å². The first-order valence-corrected chi connectivity index (χ1v) is 23.3. The molecule has 2 heteroatoms. The molecule has 0 atom stereocenters. The Morgan fingerprint density at radius 3 is 1.18 bits per heavy atom. The zero-order chi connectivity index (χ0) is 44.9. The smallest absolute Gasteiger partial charge is 0.0462 e. The van der Waals surface area contributed by atoms with Gasteiger partial charge in [-0.25, -0.2) is 0 Å². The fraction of sp³-hybridized carbons (Fsp3) is 0.0462. The van der Waals surface area contributed by atoms with Gasteiger partial charge in [-0.05, 0) is 162 Å². The van der Waals surface area contributed by atoms with Gasteiger partial charge in [-0.3, -0.25) is 0 Å². The molecule has 0 bridgehead atoms. The summed E-state index contributed by atoms with van der Waals surface area (Å²) in [7, 11) is 0. The maximum atomic E-state index is 2.46. The van der Waals surface area contributed by atoms with E-state index in [0.717, 1.165) is 34.1 Å². The van der Waals surface area contributed by atoms with Crippen LogP contribution in [0.3, 0.4) is 0 Å². The third-order valence-corrected chi connectivity index (χ3v) is 13.8. The monoisotopic (exact) mass is 856 g/mol. The highest BCUT2D eigenvalue weighted by atomic mass is 15.1. The van der Waals surface area contributed by atoms with Crippen LogP contribution in [0.1, 0.15) is 25.0 Å². The van der Waals surface area contributed by atoms with E-state index < -0.39 is 0 Å². The van der Waals surface area contributed by atoms with E-state index in [1.54, 1.807) is 0 Å². The van der Waals surface area contributed by atoms with Crippen LogP contribution in [0.5, 0.6) is 0 Å². The molecule has 0 aliphatic heterocycles. The van der Waals surface area contributed by atoms with Crippen LogP contribution in [0.25, 0.3) is 66.1 Å². The highest BCUT2D eigenvalue weighted by Gasteiger charge is 2.36. The van der Waals surface area contributed by atoms with Crippen molar-refractivity contribution >= 4 is 55.7 Å². The van der Waals surface area contributed by atoms with Crippen molar-refractivity contribution < 1.29 is 0 Å². The number of para-hydroxylation sites is 4. The SMILES string of the molecule is CC1(C)c2cc(-c3ccc(N(c4ccccc4)c4ccccc4)cc3)ccc2-c2c(-c3ccccc3)c3ccc(-c4ccc(N(c5ccccc5)c5ccccc5)cc4)cc3c3cccc1c23. The van der Waals surface area contributed by atoms with Crippen molar-refractivity contribution in [3.63, 3.8) is 0 Å². The summed E-state index contributed by atoms with van der Waals surface area (Å²) in [6.45, 7) is 4.82. The lowest BCUT2D eigenvalue weighted by atomic mass is 9.66. The van der Waals surface area contributed by atoms with E-state index in [1.807, 2.05) is 0 Å². The van der Waals surface area contributed by atoms with Gasteiger partial charge in [-0.2, -0.15) is 0 Å². The minimum Gasteiger partial charge on any atom is -0.311 e. The van der Waals surface area contributed by atoms with Gasteiger partial charge in [0.05, 0.1) is 0 Å². The largest absolute Gasteiger partial charge is 0.311 e. The first-order chi connectivity index (χ1) is 33.0. The molecule has 0 saturated carbocycles. The quantitative estimate of drug-likeness (QED) is 0.133. The van der Waals surface area contributed by atoms with Crippen LogP contribution in [0.2, 0.25) is 0 Å². The Morgan fingerprint density at radius 1 is 0.269 bits per heavy atom. The molecular weight excluding hydrogens is 809 g/mol. The van der Waals surface area contributed by atoms with Crippen molar-refractivity contribution in [2.75, 3.05) is 9.80 Å². The summed E-state index contributed by atoms with van der Waals surface area (Å²) in [4.78, 5) is 4.63. The lowest BCUT2D eigenvalue weighted by Gasteiger charge is -2.37. The molecule has 0 unspecified atom stereocenters. The molecule has 67 heavy (non-hydrogen) atoms. The Morgan fingerprint density at radius 2 is 0.687 bits per heavy atom. The van der Waals surface area contributed by atoms with Gasteiger partial charge in [-0.15, -0.1) is 0 Å². The number of hydrogen-bond acceptors (Lipinski definition) is 2. The Kier molecular flexibility index (Phi) is 9.88. The number of hydrogen-bond donors (Lipinski definition) is 0. The molecule has 0 fully saturated rings. The number of nitrogens with zero attached hydrogens (tertiary/aromatic N) is 2. The van der Waals surface area contributed by atoms with Gasteiger partial charge in [0.2, 0.25) is 0 Å². The molecule has 11 aromatic carbocycles. The summed E-state index contributed by atoms with van der Waals surface area (Å²) in [5.41, 5.74) is 19.1. The highest BCUT2D eigenvalue weighted by molar-refractivity contribution is 6.24. The summed E-state index contributed by atoms with van der Waals surface area (Å²) >= 11 is 0. The number of benzene rings is 11. The summed E-state index contributed by atoms with van der Waals surface area (Å²) in [5.74, 6) is 0. The van der Waals surface area contributed by atoms with Crippen molar-refractivity contribution in [1.29, 1.82) is 0 Å². The van der Waals surface area contributed by atoms with Crippen molar-refractivity contribution in [1.82, 2.24) is 0 Å². The number of rotatable bonds is 9. The summed E-state index contributed by atoms with van der Waals surface area (Å²) in [6, 6.07) is 92.8. The molecule has 11 aromatic rings. The molecule has 0 aromatic heterocycles. The molecular formula is C65H48N2. The first-order valence-electron chi connectivity index (χ1n) is 23.3. The molecule has 0 heterocycles. The lowest BCUT2D eigenvalue weighted by molar-refractivity contribution is 0.645. The molecule has 1 aliphatic rings. The van der Waals surface area contributed by atoms with E-state index in [9.17, 15) is 0 Å². The first kappa shape index (κ1) is 40.1. The van der Waals surface area contributed by atoms with Crippen LogP contribution in [0.4, 0.5) is 34.1 Å². The van der Waals surface area contributed by atoms with Crippen molar-refractivity contribution in [3.05, 3.63) is 266 Å². The third kappa shape index (κ3) is 6.97. The molecule has 318 valence electrons. The fourth-order valence-corrected chi connectivity index (χ4v) is 10.6. The maximum Gasteiger partial charge on any atom is 0.0462 e. The van der Waals surface area contributed by atoms with Gasteiger partial charge in [-0.1, -0.05) is 184 Å². The highest BCUT2D eigenvalue weighted by Crippen LogP contribution is 2.55. The Bertz CT molecular complexity index is 3470. The predicted octanol–water partition coefficient (Wildman–Crippen LogP) is 18.2. The second-order valence-electron chi connectivity index (χ2n) is 18.1. The average molecular weight is 857 g/mol. The van der Waals surface area contributed by atoms with E-state index in [4.69, 9.17) is 0 Å². The molecule has 0 spiro atoms. The summed E-state index contributed by atoms with van der Waals surface area (Å²) in [5, 5.41) is 5.17. The molecule has 1 aliphatic carbocycles. The van der Waals surface area contributed by atoms with Gasteiger partial charge in [0, 0.05) is 39.5 Å². The van der Waals surface area contributed by atoms with Crippen molar-refractivity contribution in [2.45, 2.75) is 19.3 Å². The van der Waals surface area contributed by atoms with Gasteiger partial charge >= 0.3 is 0 Å². The van der Waals surface area contributed by atoms with Crippen LogP contribution in [-0.4, -0.2) is 0 Å². The van der Waals surface area contributed by atoms with Gasteiger partial charge < -0.3 is 9.80 Å². The lowest BCUT2D eigenvalue weighted by Crippen LogP contribution is -2.24. The molecule has 0 N–H and O–H groups in total. The van der Waals surface area contributed by atoms with Crippen LogP contribution in [0.15, 0.2) is 255 Å².